The van der Waals surface area contributed by atoms with Crippen molar-refractivity contribution in [2.24, 2.45) is 7.05 Å². The van der Waals surface area contributed by atoms with E-state index in [1.54, 1.807) is 10.9 Å². The summed E-state index contributed by atoms with van der Waals surface area (Å²) >= 11 is 0. The zero-order valence-corrected chi connectivity index (χ0v) is 9.60. The van der Waals surface area contributed by atoms with Gasteiger partial charge >= 0.3 is 0 Å². The van der Waals surface area contributed by atoms with Crippen molar-refractivity contribution in [3.63, 3.8) is 0 Å². The SMILES string of the molecule is C#CCNC(=O)CN(C)Cc1cnn(C)c1. The number of nitrogens with one attached hydrogen (secondary N) is 1. The molecule has 0 aliphatic rings. The number of carbonyl (C=O) groups excluding carboxylic acids is 1. The predicted octanol–water partition coefficient (Wildman–Crippen LogP) is -0.399. The first kappa shape index (κ1) is 12.3. The maximum atomic E-state index is 11.3. The Hall–Kier alpha value is -1.80. The van der Waals surface area contributed by atoms with Gasteiger partial charge in [-0.2, -0.15) is 5.10 Å². The van der Waals surface area contributed by atoms with E-state index in [-0.39, 0.29) is 12.5 Å². The van der Waals surface area contributed by atoms with Crippen LogP contribution >= 0.6 is 0 Å². The Balaban J connectivity index is 2.33. The fourth-order valence-electron chi connectivity index (χ4n) is 1.37. The number of carbonyl (C=O) groups is 1. The fraction of sp³-hybridized carbons (Fsp3) is 0.455. The molecular weight excluding hydrogens is 204 g/mol. The Morgan fingerprint density at radius 3 is 3.06 bits per heavy atom. The van der Waals surface area contributed by atoms with Crippen LogP contribution in [0.1, 0.15) is 5.56 Å². The van der Waals surface area contributed by atoms with Gasteiger partial charge in [-0.15, -0.1) is 6.42 Å². The lowest BCUT2D eigenvalue weighted by Gasteiger charge is -2.14. The summed E-state index contributed by atoms with van der Waals surface area (Å²) in [6.07, 6.45) is 8.76. The Morgan fingerprint density at radius 2 is 2.50 bits per heavy atom. The average molecular weight is 220 g/mol. The second-order valence-electron chi connectivity index (χ2n) is 3.68. The van der Waals surface area contributed by atoms with Crippen molar-refractivity contribution in [3.05, 3.63) is 18.0 Å². The van der Waals surface area contributed by atoms with E-state index in [0.29, 0.717) is 13.1 Å². The minimum Gasteiger partial charge on any atom is -0.344 e. The minimum atomic E-state index is -0.0654. The summed E-state index contributed by atoms with van der Waals surface area (Å²) in [6.45, 7) is 1.30. The van der Waals surface area contributed by atoms with Gasteiger partial charge in [0.1, 0.15) is 0 Å². The Kier molecular flexibility index (Phi) is 4.55. The Labute approximate surface area is 95.4 Å². The van der Waals surface area contributed by atoms with Crippen molar-refractivity contribution >= 4 is 5.91 Å². The first-order valence-corrected chi connectivity index (χ1v) is 4.98. The maximum absolute atomic E-state index is 11.3. The first-order valence-electron chi connectivity index (χ1n) is 4.98. The molecule has 1 amide bonds. The maximum Gasteiger partial charge on any atom is 0.234 e. The molecule has 0 unspecified atom stereocenters. The summed E-state index contributed by atoms with van der Waals surface area (Å²) in [6, 6.07) is 0. The topological polar surface area (TPSA) is 50.2 Å². The van der Waals surface area contributed by atoms with Crippen LogP contribution in [0, 0.1) is 12.3 Å². The third kappa shape index (κ3) is 4.15. The third-order valence-corrected chi connectivity index (χ3v) is 2.01. The molecule has 86 valence electrons. The van der Waals surface area contributed by atoms with Crippen LogP contribution in [-0.2, 0) is 18.4 Å². The molecule has 0 aliphatic heterocycles. The lowest BCUT2D eigenvalue weighted by atomic mass is 10.3. The largest absolute Gasteiger partial charge is 0.344 e. The van der Waals surface area contributed by atoms with Gasteiger partial charge in [0.2, 0.25) is 5.91 Å². The van der Waals surface area contributed by atoms with E-state index in [1.165, 1.54) is 0 Å². The zero-order valence-electron chi connectivity index (χ0n) is 9.60. The smallest absolute Gasteiger partial charge is 0.234 e. The minimum absolute atomic E-state index is 0.0654. The number of nitrogens with zero attached hydrogens (tertiary/aromatic N) is 3. The molecule has 16 heavy (non-hydrogen) atoms. The highest BCUT2D eigenvalue weighted by molar-refractivity contribution is 5.78. The molecule has 1 rings (SSSR count). The van der Waals surface area contributed by atoms with Gasteiger partial charge in [0.15, 0.2) is 0 Å². The summed E-state index contributed by atoms with van der Waals surface area (Å²) in [5.74, 6) is 2.30. The quantitative estimate of drug-likeness (QED) is 0.687. The second-order valence-corrected chi connectivity index (χ2v) is 3.68. The molecule has 0 aromatic carbocycles. The van der Waals surface area contributed by atoms with E-state index in [4.69, 9.17) is 6.42 Å². The number of amides is 1. The van der Waals surface area contributed by atoms with Gasteiger partial charge in [0.05, 0.1) is 19.3 Å². The molecule has 5 heteroatoms. The Bertz CT molecular complexity index is 391. The van der Waals surface area contributed by atoms with Crippen molar-refractivity contribution < 1.29 is 4.79 Å². The predicted molar refractivity (Wildman–Crippen MR) is 61.4 cm³/mol. The molecule has 0 aliphatic carbocycles. The van der Waals surface area contributed by atoms with Crippen LogP contribution in [0.25, 0.3) is 0 Å². The van der Waals surface area contributed by atoms with Crippen LogP contribution in [0.3, 0.4) is 0 Å². The van der Waals surface area contributed by atoms with Crippen LogP contribution in [0.15, 0.2) is 12.4 Å². The molecule has 0 spiro atoms. The zero-order chi connectivity index (χ0) is 12.0. The number of hydrogen-bond donors (Lipinski definition) is 1. The molecule has 0 saturated heterocycles. The van der Waals surface area contributed by atoms with Crippen molar-refractivity contribution in [3.8, 4) is 12.3 Å². The van der Waals surface area contributed by atoms with Gasteiger partial charge in [-0.25, -0.2) is 0 Å². The van der Waals surface area contributed by atoms with E-state index in [1.807, 2.05) is 25.2 Å². The lowest BCUT2D eigenvalue weighted by Crippen LogP contribution is -2.34. The van der Waals surface area contributed by atoms with Crippen LogP contribution in [0.4, 0.5) is 0 Å². The summed E-state index contributed by atoms with van der Waals surface area (Å²) in [7, 11) is 3.74. The molecule has 0 radical (unpaired) electrons. The van der Waals surface area contributed by atoms with Gasteiger partial charge in [-0.1, -0.05) is 5.92 Å². The number of likely N-dealkylation sites (N-methyl/N-ethyl adjacent to an activating group) is 1. The summed E-state index contributed by atoms with van der Waals surface area (Å²) < 4.78 is 1.74. The monoisotopic (exact) mass is 220 g/mol. The van der Waals surface area contributed by atoms with Crippen LogP contribution in [0.2, 0.25) is 0 Å². The van der Waals surface area contributed by atoms with Crippen molar-refractivity contribution in [2.45, 2.75) is 6.54 Å². The Morgan fingerprint density at radius 1 is 1.75 bits per heavy atom. The molecule has 1 aromatic heterocycles. The number of hydrogen-bond acceptors (Lipinski definition) is 3. The van der Waals surface area contributed by atoms with E-state index < -0.39 is 0 Å². The highest BCUT2D eigenvalue weighted by Gasteiger charge is 2.06. The van der Waals surface area contributed by atoms with E-state index in [9.17, 15) is 4.79 Å². The highest BCUT2D eigenvalue weighted by atomic mass is 16.1. The molecular formula is C11H16N4O. The molecule has 0 fully saturated rings. The fourth-order valence-corrected chi connectivity index (χ4v) is 1.37. The lowest BCUT2D eigenvalue weighted by molar-refractivity contribution is -0.121. The molecule has 0 saturated carbocycles. The van der Waals surface area contributed by atoms with Gasteiger partial charge < -0.3 is 5.32 Å². The standard InChI is InChI=1S/C11H16N4O/c1-4-5-12-11(16)9-14(2)7-10-6-13-15(3)8-10/h1,6,8H,5,7,9H2,2-3H3,(H,12,16). The molecule has 1 heterocycles. The first-order chi connectivity index (χ1) is 7.61. The van der Waals surface area contributed by atoms with E-state index >= 15 is 0 Å². The molecule has 1 N–H and O–H groups in total. The number of terminal acetylenes is 1. The number of aryl methyl sites for hydroxylation is 1. The van der Waals surface area contributed by atoms with Gasteiger partial charge in [-0.3, -0.25) is 14.4 Å². The van der Waals surface area contributed by atoms with Crippen LogP contribution in [-0.4, -0.2) is 40.7 Å². The van der Waals surface area contributed by atoms with Crippen molar-refractivity contribution in [1.82, 2.24) is 20.0 Å². The van der Waals surface area contributed by atoms with Gasteiger partial charge in [0, 0.05) is 25.4 Å². The molecule has 1 aromatic rings. The van der Waals surface area contributed by atoms with Crippen LogP contribution in [0.5, 0.6) is 0 Å². The van der Waals surface area contributed by atoms with Crippen LogP contribution < -0.4 is 5.32 Å². The number of aromatic nitrogens is 2. The third-order valence-electron chi connectivity index (χ3n) is 2.01. The molecule has 5 nitrogen and oxygen atoms in total. The highest BCUT2D eigenvalue weighted by Crippen LogP contribution is 2.00. The van der Waals surface area contributed by atoms with E-state index in [0.717, 1.165) is 5.56 Å². The van der Waals surface area contributed by atoms with E-state index in [2.05, 4.69) is 16.3 Å². The normalized spacial score (nSPS) is 10.1. The molecule has 0 bridgehead atoms. The summed E-state index contributed by atoms with van der Waals surface area (Å²) in [5.41, 5.74) is 1.08. The summed E-state index contributed by atoms with van der Waals surface area (Å²) in [4.78, 5) is 13.2. The average Bonchev–Trinajstić information content (AvgIpc) is 2.60. The number of rotatable bonds is 5. The summed E-state index contributed by atoms with van der Waals surface area (Å²) in [5, 5.41) is 6.68. The van der Waals surface area contributed by atoms with Crippen molar-refractivity contribution in [2.75, 3.05) is 20.1 Å². The van der Waals surface area contributed by atoms with Gasteiger partial charge in [-0.05, 0) is 7.05 Å². The second kappa shape index (κ2) is 5.93. The van der Waals surface area contributed by atoms with Crippen molar-refractivity contribution in [1.29, 1.82) is 0 Å². The van der Waals surface area contributed by atoms with Gasteiger partial charge in [0.25, 0.3) is 0 Å². The molecule has 0 atom stereocenters.